The molecule has 1 aromatic rings. The lowest BCUT2D eigenvalue weighted by Gasteiger charge is -2.17. The van der Waals surface area contributed by atoms with Gasteiger partial charge in [0.15, 0.2) is 6.23 Å². The number of aliphatic hydroxyl groups excluding tert-OH is 2. The summed E-state index contributed by atoms with van der Waals surface area (Å²) in [7, 11) is -4.80. The van der Waals surface area contributed by atoms with E-state index in [0.29, 0.717) is 0 Å². The Kier molecular flexibility index (Phi) is 5.42. The molecule has 1 saturated heterocycles. The first-order valence-corrected chi connectivity index (χ1v) is 8.17. The molecule has 2 rings (SSSR count). The Balaban J connectivity index is 2.31. The lowest BCUT2D eigenvalue weighted by molar-refractivity contribution is -0.0543. The number of aliphatic hydroxyl groups is 2. The first-order valence-electron chi connectivity index (χ1n) is 6.64. The van der Waals surface area contributed by atoms with Crippen molar-refractivity contribution in [2.24, 2.45) is 0 Å². The molecule has 0 unspecified atom stereocenters. The van der Waals surface area contributed by atoms with Gasteiger partial charge in [0.2, 0.25) is 0 Å². The second kappa shape index (κ2) is 7.00. The van der Waals surface area contributed by atoms with Gasteiger partial charge in [-0.2, -0.15) is 0 Å². The first kappa shape index (κ1) is 18.6. The van der Waals surface area contributed by atoms with Gasteiger partial charge in [-0.1, -0.05) is 5.92 Å². The van der Waals surface area contributed by atoms with E-state index in [2.05, 4.69) is 16.4 Å². The number of phosphoric acid groups is 1. The monoisotopic (exact) mass is 362 g/mol. The van der Waals surface area contributed by atoms with Crippen LogP contribution in [0.25, 0.3) is 0 Å². The van der Waals surface area contributed by atoms with Gasteiger partial charge in [0.05, 0.1) is 6.61 Å². The molecule has 1 aliphatic rings. The molecule has 12 heteroatoms. The van der Waals surface area contributed by atoms with Crippen LogP contribution in [0.15, 0.2) is 15.8 Å². The smallest absolute Gasteiger partial charge is 0.387 e. The van der Waals surface area contributed by atoms with E-state index in [4.69, 9.17) is 14.5 Å². The third kappa shape index (κ3) is 4.00. The quantitative estimate of drug-likeness (QED) is 0.290. The molecule has 1 aliphatic heterocycles. The molecule has 0 amide bonds. The number of hydrogen-bond donors (Lipinski definition) is 5. The van der Waals surface area contributed by atoms with Crippen LogP contribution in [0.3, 0.4) is 0 Å². The molecule has 2 heterocycles. The molecule has 0 aliphatic carbocycles. The summed E-state index contributed by atoms with van der Waals surface area (Å²) in [6.45, 7) is 0.772. The average Bonchev–Trinajstić information content (AvgIpc) is 2.75. The lowest BCUT2D eigenvalue weighted by Crippen LogP contribution is -2.38. The van der Waals surface area contributed by atoms with Crippen LogP contribution in [-0.4, -0.2) is 54.5 Å². The van der Waals surface area contributed by atoms with Crippen molar-refractivity contribution >= 4 is 7.82 Å². The molecule has 0 bridgehead atoms. The third-order valence-corrected chi connectivity index (χ3v) is 3.73. The van der Waals surface area contributed by atoms with Crippen LogP contribution in [0.4, 0.5) is 0 Å². The van der Waals surface area contributed by atoms with Gasteiger partial charge in [0.25, 0.3) is 5.56 Å². The standard InChI is InChI=1S/C12H15N2O9P/c1-2-3-6-4-14(12(18)13-10(6)17)11-9(16)8(15)7(23-11)5-22-24(19,20)21/h4,7-9,11,15-16H,5H2,1H3,(H,13,17,18)(H2,19,20,21)/t7-,8-,9-,11-/m1/s1. The summed E-state index contributed by atoms with van der Waals surface area (Å²) in [4.78, 5) is 42.8. The van der Waals surface area contributed by atoms with E-state index < -0.39 is 50.2 Å². The normalized spacial score (nSPS) is 26.9. The fourth-order valence-corrected chi connectivity index (χ4v) is 2.51. The Labute approximate surface area is 134 Å². The molecular weight excluding hydrogens is 347 g/mol. The summed E-state index contributed by atoms with van der Waals surface area (Å²) in [6, 6.07) is 0. The van der Waals surface area contributed by atoms with E-state index in [-0.39, 0.29) is 5.56 Å². The molecular formula is C12H15N2O9P. The highest BCUT2D eigenvalue weighted by Gasteiger charge is 2.45. The molecule has 1 aromatic heterocycles. The Hall–Kier alpha value is -1.77. The molecule has 0 saturated carbocycles. The molecule has 4 atom stereocenters. The number of nitrogens with zero attached hydrogens (tertiary/aromatic N) is 1. The number of nitrogens with one attached hydrogen (secondary N) is 1. The van der Waals surface area contributed by atoms with Crippen LogP contribution in [0.5, 0.6) is 0 Å². The third-order valence-electron chi connectivity index (χ3n) is 3.25. The van der Waals surface area contributed by atoms with Gasteiger partial charge < -0.3 is 24.7 Å². The van der Waals surface area contributed by atoms with Gasteiger partial charge in [-0.25, -0.2) is 9.36 Å². The topological polar surface area (TPSA) is 171 Å². The van der Waals surface area contributed by atoms with Crippen molar-refractivity contribution in [2.75, 3.05) is 6.61 Å². The number of ether oxygens (including phenoxy) is 1. The van der Waals surface area contributed by atoms with Crippen LogP contribution in [0.2, 0.25) is 0 Å². The molecule has 24 heavy (non-hydrogen) atoms. The maximum Gasteiger partial charge on any atom is 0.469 e. The summed E-state index contributed by atoms with van der Waals surface area (Å²) in [5.74, 6) is 4.95. The van der Waals surface area contributed by atoms with Crippen LogP contribution < -0.4 is 11.2 Å². The molecule has 0 aromatic carbocycles. The van der Waals surface area contributed by atoms with Crippen LogP contribution in [0, 0.1) is 11.8 Å². The van der Waals surface area contributed by atoms with Crippen molar-refractivity contribution < 1.29 is 33.8 Å². The Morgan fingerprint density at radius 3 is 2.62 bits per heavy atom. The van der Waals surface area contributed by atoms with Crippen LogP contribution >= 0.6 is 7.82 Å². The Morgan fingerprint density at radius 1 is 1.38 bits per heavy atom. The lowest BCUT2D eigenvalue weighted by atomic mass is 10.1. The highest BCUT2D eigenvalue weighted by atomic mass is 31.2. The van der Waals surface area contributed by atoms with Crippen molar-refractivity contribution in [3.63, 3.8) is 0 Å². The minimum Gasteiger partial charge on any atom is -0.387 e. The number of aromatic nitrogens is 2. The minimum atomic E-state index is -4.80. The van der Waals surface area contributed by atoms with Gasteiger partial charge in [-0.3, -0.25) is 18.9 Å². The van der Waals surface area contributed by atoms with E-state index in [1.807, 2.05) is 4.98 Å². The first-order chi connectivity index (χ1) is 11.1. The summed E-state index contributed by atoms with van der Waals surface area (Å²) in [5.41, 5.74) is -1.69. The van der Waals surface area contributed by atoms with Gasteiger partial charge in [-0.05, 0) is 6.92 Å². The molecule has 5 N–H and O–H groups in total. The molecule has 0 spiro atoms. The maximum absolute atomic E-state index is 11.9. The van der Waals surface area contributed by atoms with E-state index in [9.17, 15) is 24.4 Å². The maximum atomic E-state index is 11.9. The number of aromatic amines is 1. The summed E-state index contributed by atoms with van der Waals surface area (Å²) < 4.78 is 21.0. The zero-order valence-electron chi connectivity index (χ0n) is 12.3. The fourth-order valence-electron chi connectivity index (χ4n) is 2.17. The van der Waals surface area contributed by atoms with E-state index in [1.54, 1.807) is 0 Å². The van der Waals surface area contributed by atoms with Crippen molar-refractivity contribution in [3.05, 3.63) is 32.6 Å². The minimum absolute atomic E-state index is 0.0580. The van der Waals surface area contributed by atoms with E-state index in [1.165, 1.54) is 6.92 Å². The summed E-state index contributed by atoms with van der Waals surface area (Å²) in [5, 5.41) is 19.9. The second-order valence-corrected chi connectivity index (χ2v) is 6.16. The number of H-pyrrole nitrogens is 1. The zero-order valence-corrected chi connectivity index (χ0v) is 13.2. The molecule has 132 valence electrons. The number of phosphoric ester groups is 1. The molecule has 0 radical (unpaired) electrons. The Bertz CT molecular complexity index is 829. The fraction of sp³-hybridized carbons (Fsp3) is 0.500. The van der Waals surface area contributed by atoms with Crippen molar-refractivity contribution in [2.45, 2.75) is 31.5 Å². The highest BCUT2D eigenvalue weighted by molar-refractivity contribution is 7.46. The van der Waals surface area contributed by atoms with Crippen molar-refractivity contribution in [1.29, 1.82) is 0 Å². The average molecular weight is 362 g/mol. The van der Waals surface area contributed by atoms with E-state index >= 15 is 0 Å². The number of hydrogen-bond acceptors (Lipinski definition) is 7. The number of rotatable bonds is 4. The second-order valence-electron chi connectivity index (χ2n) is 4.92. The van der Waals surface area contributed by atoms with Gasteiger partial charge in [0, 0.05) is 6.20 Å². The van der Waals surface area contributed by atoms with Crippen LogP contribution in [-0.2, 0) is 13.8 Å². The van der Waals surface area contributed by atoms with Crippen molar-refractivity contribution in [1.82, 2.24) is 9.55 Å². The van der Waals surface area contributed by atoms with Crippen LogP contribution in [0.1, 0.15) is 18.7 Å². The molecule has 1 fully saturated rings. The predicted octanol–water partition coefficient (Wildman–Crippen LogP) is -2.36. The van der Waals surface area contributed by atoms with Gasteiger partial charge in [0.1, 0.15) is 23.9 Å². The SMILES string of the molecule is CC#Cc1cn([C@@H]2O[C@H](COP(=O)(O)O)[C@@H](O)[C@H]2O)c(=O)[nH]c1=O. The predicted molar refractivity (Wildman–Crippen MR) is 77.8 cm³/mol. The highest BCUT2D eigenvalue weighted by Crippen LogP contribution is 2.38. The Morgan fingerprint density at radius 2 is 2.04 bits per heavy atom. The largest absolute Gasteiger partial charge is 0.469 e. The van der Waals surface area contributed by atoms with Gasteiger partial charge in [-0.15, -0.1) is 5.92 Å². The van der Waals surface area contributed by atoms with Gasteiger partial charge >= 0.3 is 13.5 Å². The van der Waals surface area contributed by atoms with E-state index in [0.717, 1.165) is 10.8 Å². The molecule has 11 nitrogen and oxygen atoms in total. The zero-order chi connectivity index (χ0) is 18.1. The summed E-state index contributed by atoms with van der Waals surface area (Å²) in [6.07, 6.45) is -4.79. The van der Waals surface area contributed by atoms with Crippen molar-refractivity contribution in [3.8, 4) is 11.8 Å². The summed E-state index contributed by atoms with van der Waals surface area (Å²) >= 11 is 0.